The van der Waals surface area contributed by atoms with Gasteiger partial charge >= 0.3 is 0 Å². The molecule has 0 aliphatic heterocycles. The van der Waals surface area contributed by atoms with Crippen LogP contribution in [0.4, 0.5) is 0 Å². The number of hydroxylamine groups is 1. The summed E-state index contributed by atoms with van der Waals surface area (Å²) in [6.45, 7) is 5.56. The second kappa shape index (κ2) is 4.91. The Labute approximate surface area is 75.0 Å². The Bertz CT molecular complexity index is 223. The van der Waals surface area contributed by atoms with Crippen LogP contribution in [-0.4, -0.2) is 6.54 Å². The lowest BCUT2D eigenvalue weighted by atomic mass is 10.2. The SMILES string of the molecule is CCNOCc1ccc(C)cc1.[HH]. The fourth-order valence-corrected chi connectivity index (χ4v) is 0.921. The molecule has 0 heterocycles. The summed E-state index contributed by atoms with van der Waals surface area (Å²) < 4.78 is 0. The Kier molecular flexibility index (Phi) is 3.77. The van der Waals surface area contributed by atoms with Crippen LogP contribution < -0.4 is 5.48 Å². The maximum atomic E-state index is 5.16. The van der Waals surface area contributed by atoms with Crippen LogP contribution in [0.3, 0.4) is 0 Å². The molecule has 0 bridgehead atoms. The highest BCUT2D eigenvalue weighted by atomic mass is 16.6. The van der Waals surface area contributed by atoms with Gasteiger partial charge in [0.15, 0.2) is 0 Å². The lowest BCUT2D eigenvalue weighted by Crippen LogP contribution is -2.12. The number of hydrogen-bond donors (Lipinski definition) is 1. The van der Waals surface area contributed by atoms with Crippen molar-refractivity contribution in [3.05, 3.63) is 35.4 Å². The van der Waals surface area contributed by atoms with E-state index >= 15 is 0 Å². The highest BCUT2D eigenvalue weighted by molar-refractivity contribution is 5.20. The summed E-state index contributed by atoms with van der Waals surface area (Å²) in [5.74, 6) is 0. The van der Waals surface area contributed by atoms with E-state index < -0.39 is 0 Å². The maximum absolute atomic E-state index is 5.16. The van der Waals surface area contributed by atoms with Gasteiger partial charge in [-0.05, 0) is 12.5 Å². The zero-order valence-corrected chi connectivity index (χ0v) is 7.63. The van der Waals surface area contributed by atoms with Crippen molar-refractivity contribution in [2.24, 2.45) is 0 Å². The average molecular weight is 167 g/mol. The molecule has 0 aromatic heterocycles. The van der Waals surface area contributed by atoms with Crippen LogP contribution in [0.5, 0.6) is 0 Å². The van der Waals surface area contributed by atoms with Crippen molar-refractivity contribution >= 4 is 0 Å². The standard InChI is InChI=1S/C10H15NO.H2/c1-3-11-12-8-10-6-4-9(2)5-7-10;/h4-7,11H,3,8H2,1-2H3;1H. The molecule has 0 unspecified atom stereocenters. The van der Waals surface area contributed by atoms with Gasteiger partial charge in [-0.1, -0.05) is 36.8 Å². The Hall–Kier alpha value is -0.860. The summed E-state index contributed by atoms with van der Waals surface area (Å²) in [5, 5.41) is 0. The van der Waals surface area contributed by atoms with E-state index in [-0.39, 0.29) is 1.43 Å². The summed E-state index contributed by atoms with van der Waals surface area (Å²) in [6, 6.07) is 8.33. The monoisotopic (exact) mass is 167 g/mol. The Balaban J connectivity index is 0.00000144. The molecule has 0 fully saturated rings. The summed E-state index contributed by atoms with van der Waals surface area (Å²) in [6.07, 6.45) is 0. The molecule has 0 aliphatic carbocycles. The van der Waals surface area contributed by atoms with E-state index in [1.807, 2.05) is 6.92 Å². The summed E-state index contributed by atoms with van der Waals surface area (Å²) in [4.78, 5) is 5.16. The topological polar surface area (TPSA) is 21.3 Å². The van der Waals surface area contributed by atoms with E-state index in [0.29, 0.717) is 6.61 Å². The van der Waals surface area contributed by atoms with Crippen LogP contribution >= 0.6 is 0 Å². The molecule has 0 saturated carbocycles. The van der Waals surface area contributed by atoms with Crippen LogP contribution in [0.1, 0.15) is 19.5 Å². The molecule has 12 heavy (non-hydrogen) atoms. The molecule has 0 atom stereocenters. The van der Waals surface area contributed by atoms with E-state index in [2.05, 4.69) is 36.7 Å². The van der Waals surface area contributed by atoms with E-state index in [4.69, 9.17) is 4.84 Å². The second-order valence-corrected chi connectivity index (χ2v) is 2.77. The van der Waals surface area contributed by atoms with E-state index in [1.54, 1.807) is 0 Å². The molecule has 1 rings (SSSR count). The van der Waals surface area contributed by atoms with Gasteiger partial charge in [0.1, 0.15) is 0 Å². The van der Waals surface area contributed by atoms with Gasteiger partial charge in [0, 0.05) is 7.97 Å². The van der Waals surface area contributed by atoms with E-state index in [0.717, 1.165) is 6.54 Å². The van der Waals surface area contributed by atoms with Gasteiger partial charge in [-0.25, -0.2) is 5.48 Å². The van der Waals surface area contributed by atoms with Crippen molar-refractivity contribution in [3.8, 4) is 0 Å². The third-order valence-corrected chi connectivity index (χ3v) is 1.61. The molecule has 68 valence electrons. The van der Waals surface area contributed by atoms with E-state index in [1.165, 1.54) is 11.1 Å². The molecule has 2 heteroatoms. The first kappa shape index (κ1) is 9.23. The zero-order valence-electron chi connectivity index (χ0n) is 7.63. The largest absolute Gasteiger partial charge is 0.297 e. The third kappa shape index (κ3) is 3.03. The molecular formula is C10H17NO. The highest BCUT2D eigenvalue weighted by Gasteiger charge is 1.90. The summed E-state index contributed by atoms with van der Waals surface area (Å²) in [7, 11) is 0. The fourth-order valence-electron chi connectivity index (χ4n) is 0.921. The van der Waals surface area contributed by atoms with Gasteiger partial charge in [0.25, 0.3) is 0 Å². The van der Waals surface area contributed by atoms with Gasteiger partial charge in [0.05, 0.1) is 6.61 Å². The minimum absolute atomic E-state index is 0. The lowest BCUT2D eigenvalue weighted by Gasteiger charge is -2.03. The van der Waals surface area contributed by atoms with Crippen molar-refractivity contribution in [3.63, 3.8) is 0 Å². The fraction of sp³-hybridized carbons (Fsp3) is 0.400. The van der Waals surface area contributed by atoms with Crippen molar-refractivity contribution in [2.75, 3.05) is 6.54 Å². The number of aryl methyl sites for hydroxylation is 1. The molecule has 0 saturated heterocycles. The van der Waals surface area contributed by atoms with Gasteiger partial charge in [-0.15, -0.1) is 0 Å². The molecule has 1 aromatic carbocycles. The molecule has 1 N–H and O–H groups in total. The maximum Gasteiger partial charge on any atom is 0.0933 e. The van der Waals surface area contributed by atoms with Crippen LogP contribution in [0.25, 0.3) is 0 Å². The number of hydrogen-bond acceptors (Lipinski definition) is 2. The van der Waals surface area contributed by atoms with Gasteiger partial charge in [-0.3, -0.25) is 4.84 Å². The number of nitrogens with one attached hydrogen (secondary N) is 1. The lowest BCUT2D eigenvalue weighted by molar-refractivity contribution is 0.0314. The second-order valence-electron chi connectivity index (χ2n) is 2.77. The minimum Gasteiger partial charge on any atom is -0.297 e. The van der Waals surface area contributed by atoms with Crippen LogP contribution in [0.15, 0.2) is 24.3 Å². The van der Waals surface area contributed by atoms with Crippen LogP contribution in [-0.2, 0) is 11.4 Å². The first-order valence-electron chi connectivity index (χ1n) is 4.23. The molecule has 0 radical (unpaired) electrons. The van der Waals surface area contributed by atoms with Crippen molar-refractivity contribution in [1.82, 2.24) is 5.48 Å². The Morgan fingerprint density at radius 1 is 1.33 bits per heavy atom. The first-order valence-corrected chi connectivity index (χ1v) is 4.23. The highest BCUT2D eigenvalue weighted by Crippen LogP contribution is 2.03. The Morgan fingerprint density at radius 2 is 2.00 bits per heavy atom. The quantitative estimate of drug-likeness (QED) is 0.548. The average Bonchev–Trinajstić information content (AvgIpc) is 2.09. The van der Waals surface area contributed by atoms with Crippen LogP contribution in [0.2, 0.25) is 0 Å². The molecule has 0 amide bonds. The van der Waals surface area contributed by atoms with Crippen molar-refractivity contribution < 1.29 is 6.26 Å². The molecule has 1 aromatic rings. The van der Waals surface area contributed by atoms with Crippen molar-refractivity contribution in [1.29, 1.82) is 0 Å². The molecule has 0 spiro atoms. The van der Waals surface area contributed by atoms with E-state index in [9.17, 15) is 0 Å². The van der Waals surface area contributed by atoms with Crippen LogP contribution in [0, 0.1) is 6.92 Å². The first-order chi connectivity index (χ1) is 5.83. The summed E-state index contributed by atoms with van der Waals surface area (Å²) >= 11 is 0. The molecule has 0 aliphatic rings. The predicted molar refractivity (Wildman–Crippen MR) is 51.8 cm³/mol. The smallest absolute Gasteiger partial charge is 0.0933 e. The van der Waals surface area contributed by atoms with Gasteiger partial charge in [0.2, 0.25) is 0 Å². The number of rotatable bonds is 4. The Morgan fingerprint density at radius 3 is 2.58 bits per heavy atom. The number of benzene rings is 1. The molecule has 2 nitrogen and oxygen atoms in total. The van der Waals surface area contributed by atoms with Gasteiger partial charge in [-0.2, -0.15) is 0 Å². The summed E-state index contributed by atoms with van der Waals surface area (Å²) in [5.41, 5.74) is 5.29. The predicted octanol–water partition coefficient (Wildman–Crippen LogP) is 2.28. The van der Waals surface area contributed by atoms with Gasteiger partial charge < -0.3 is 0 Å². The van der Waals surface area contributed by atoms with Crippen molar-refractivity contribution in [2.45, 2.75) is 20.5 Å². The third-order valence-electron chi connectivity index (χ3n) is 1.61. The normalized spacial score (nSPS) is 10.2. The molecular weight excluding hydrogens is 150 g/mol. The minimum atomic E-state index is 0. The zero-order chi connectivity index (χ0) is 8.81.